The number of benzene rings is 1. The van der Waals surface area contributed by atoms with E-state index in [1.54, 1.807) is 12.3 Å². The van der Waals surface area contributed by atoms with E-state index in [1.165, 1.54) is 0 Å². The molecule has 0 fully saturated rings. The van der Waals surface area contributed by atoms with Crippen LogP contribution in [0, 0.1) is 0 Å². The van der Waals surface area contributed by atoms with Crippen LogP contribution in [0.5, 0.6) is 23.0 Å². The Kier molecular flexibility index (Phi) is 3.62. The molecule has 0 amide bonds. The van der Waals surface area contributed by atoms with Crippen molar-refractivity contribution in [3.05, 3.63) is 35.9 Å². The molecule has 110 valence electrons. The zero-order valence-electron chi connectivity index (χ0n) is 12.0. The molecule has 1 aromatic carbocycles. The van der Waals surface area contributed by atoms with Gasteiger partial charge in [-0.25, -0.2) is 9.97 Å². The highest BCUT2D eigenvalue weighted by molar-refractivity contribution is 5.48. The summed E-state index contributed by atoms with van der Waals surface area (Å²) in [5.74, 6) is 3.58. The van der Waals surface area contributed by atoms with E-state index in [0.717, 1.165) is 5.82 Å². The van der Waals surface area contributed by atoms with E-state index in [4.69, 9.17) is 19.9 Å². The Labute approximate surface area is 122 Å². The average Bonchev–Trinajstić information content (AvgIpc) is 2.95. The number of rotatable bonds is 4. The van der Waals surface area contributed by atoms with Crippen molar-refractivity contribution in [2.75, 3.05) is 6.79 Å². The molecule has 0 radical (unpaired) electrons. The Morgan fingerprint density at radius 1 is 1.29 bits per heavy atom. The quantitative estimate of drug-likeness (QED) is 0.931. The number of ether oxygens (including phenoxy) is 3. The molecule has 2 N–H and O–H groups in total. The molecule has 1 aromatic heterocycles. The van der Waals surface area contributed by atoms with Crippen LogP contribution in [0.25, 0.3) is 0 Å². The molecule has 0 saturated heterocycles. The van der Waals surface area contributed by atoms with E-state index in [1.807, 2.05) is 26.0 Å². The number of hydrogen-bond donors (Lipinski definition) is 1. The van der Waals surface area contributed by atoms with Crippen LogP contribution < -0.4 is 19.9 Å². The van der Waals surface area contributed by atoms with Gasteiger partial charge in [0.1, 0.15) is 17.3 Å². The molecular weight excluding hydrogens is 270 g/mol. The van der Waals surface area contributed by atoms with Crippen LogP contribution in [-0.4, -0.2) is 16.8 Å². The molecule has 0 atom stereocenters. The second-order valence-electron chi connectivity index (χ2n) is 5.02. The van der Waals surface area contributed by atoms with Crippen molar-refractivity contribution in [1.29, 1.82) is 0 Å². The third-order valence-corrected chi connectivity index (χ3v) is 3.13. The van der Waals surface area contributed by atoms with E-state index >= 15 is 0 Å². The Balaban J connectivity index is 1.87. The lowest BCUT2D eigenvalue weighted by Gasteiger charge is -2.12. The second-order valence-corrected chi connectivity index (χ2v) is 5.02. The number of nitrogens with zero attached hydrogens (tertiary/aromatic N) is 2. The van der Waals surface area contributed by atoms with Gasteiger partial charge < -0.3 is 19.9 Å². The molecule has 6 heteroatoms. The van der Waals surface area contributed by atoms with Crippen molar-refractivity contribution in [2.24, 2.45) is 5.73 Å². The Bertz CT molecular complexity index is 659. The normalized spacial score (nSPS) is 12.8. The first kappa shape index (κ1) is 13.6. The molecule has 2 aromatic rings. The first-order chi connectivity index (χ1) is 10.2. The minimum Gasteiger partial charge on any atom is -0.454 e. The minimum absolute atomic E-state index is 0.235. The van der Waals surface area contributed by atoms with Crippen LogP contribution in [0.2, 0.25) is 0 Å². The molecule has 0 unspecified atom stereocenters. The van der Waals surface area contributed by atoms with Gasteiger partial charge in [-0.2, -0.15) is 0 Å². The fourth-order valence-corrected chi connectivity index (χ4v) is 2.00. The first-order valence-electron chi connectivity index (χ1n) is 6.80. The van der Waals surface area contributed by atoms with Gasteiger partial charge in [-0.1, -0.05) is 13.8 Å². The van der Waals surface area contributed by atoms with Crippen LogP contribution in [0.1, 0.15) is 31.3 Å². The molecule has 1 aliphatic heterocycles. The number of nitrogens with two attached hydrogens (primary N) is 1. The summed E-state index contributed by atoms with van der Waals surface area (Å²) in [5, 5.41) is 0. The standard InChI is InChI=1S/C15H17N3O3/c1-9(2)15-17-7-14(11(6-16)18-15)21-10-3-4-12-13(5-10)20-8-19-12/h3-5,7,9H,6,8,16H2,1-2H3. The molecule has 21 heavy (non-hydrogen) atoms. The summed E-state index contributed by atoms with van der Waals surface area (Å²) < 4.78 is 16.4. The zero-order valence-corrected chi connectivity index (χ0v) is 12.0. The molecule has 3 rings (SSSR count). The second kappa shape index (κ2) is 5.57. The lowest BCUT2D eigenvalue weighted by molar-refractivity contribution is 0.174. The highest BCUT2D eigenvalue weighted by atomic mass is 16.7. The van der Waals surface area contributed by atoms with Crippen molar-refractivity contribution < 1.29 is 14.2 Å². The number of aromatic nitrogens is 2. The molecule has 0 aliphatic carbocycles. The fraction of sp³-hybridized carbons (Fsp3) is 0.333. The summed E-state index contributed by atoms with van der Waals surface area (Å²) in [7, 11) is 0. The summed E-state index contributed by atoms with van der Waals surface area (Å²) in [6.07, 6.45) is 1.66. The van der Waals surface area contributed by atoms with Crippen molar-refractivity contribution in [3.63, 3.8) is 0 Å². The zero-order chi connectivity index (χ0) is 14.8. The molecule has 0 bridgehead atoms. The van der Waals surface area contributed by atoms with Gasteiger partial charge in [-0.15, -0.1) is 0 Å². The van der Waals surface area contributed by atoms with Crippen molar-refractivity contribution in [3.8, 4) is 23.0 Å². The van der Waals surface area contributed by atoms with Crippen molar-refractivity contribution in [2.45, 2.75) is 26.3 Å². The van der Waals surface area contributed by atoms with E-state index in [0.29, 0.717) is 35.2 Å². The van der Waals surface area contributed by atoms with Gasteiger partial charge in [0.25, 0.3) is 0 Å². The number of fused-ring (bicyclic) bond motifs is 1. The Hall–Kier alpha value is -2.34. The predicted octanol–water partition coefficient (Wildman–Crippen LogP) is 2.58. The third kappa shape index (κ3) is 2.75. The molecule has 0 saturated carbocycles. The monoisotopic (exact) mass is 287 g/mol. The third-order valence-electron chi connectivity index (χ3n) is 3.13. The van der Waals surface area contributed by atoms with Gasteiger partial charge in [0.2, 0.25) is 6.79 Å². The van der Waals surface area contributed by atoms with Gasteiger partial charge in [-0.3, -0.25) is 0 Å². The summed E-state index contributed by atoms with van der Waals surface area (Å²) in [6.45, 7) is 4.60. The molecule has 6 nitrogen and oxygen atoms in total. The summed E-state index contributed by atoms with van der Waals surface area (Å²) >= 11 is 0. The Morgan fingerprint density at radius 3 is 2.86 bits per heavy atom. The largest absolute Gasteiger partial charge is 0.454 e. The van der Waals surface area contributed by atoms with Crippen LogP contribution in [-0.2, 0) is 6.54 Å². The first-order valence-corrected chi connectivity index (χ1v) is 6.80. The SMILES string of the molecule is CC(C)c1ncc(Oc2ccc3c(c2)OCO3)c(CN)n1. The van der Waals surface area contributed by atoms with Crippen LogP contribution in [0.15, 0.2) is 24.4 Å². The predicted molar refractivity (Wildman–Crippen MR) is 76.7 cm³/mol. The minimum atomic E-state index is 0.235. The summed E-state index contributed by atoms with van der Waals surface area (Å²) in [6, 6.07) is 5.40. The molecule has 2 heterocycles. The maximum Gasteiger partial charge on any atom is 0.231 e. The van der Waals surface area contributed by atoms with Crippen LogP contribution in [0.4, 0.5) is 0 Å². The lowest BCUT2D eigenvalue weighted by atomic mass is 10.2. The Morgan fingerprint density at radius 2 is 2.10 bits per heavy atom. The summed E-state index contributed by atoms with van der Waals surface area (Å²) in [4.78, 5) is 8.75. The van der Waals surface area contributed by atoms with Crippen LogP contribution >= 0.6 is 0 Å². The van der Waals surface area contributed by atoms with E-state index in [-0.39, 0.29) is 12.7 Å². The van der Waals surface area contributed by atoms with E-state index in [2.05, 4.69) is 9.97 Å². The van der Waals surface area contributed by atoms with E-state index < -0.39 is 0 Å². The molecular formula is C15H17N3O3. The molecule has 0 spiro atoms. The maximum absolute atomic E-state index is 5.82. The van der Waals surface area contributed by atoms with E-state index in [9.17, 15) is 0 Å². The lowest BCUT2D eigenvalue weighted by Crippen LogP contribution is -2.07. The van der Waals surface area contributed by atoms with Gasteiger partial charge >= 0.3 is 0 Å². The smallest absolute Gasteiger partial charge is 0.231 e. The van der Waals surface area contributed by atoms with Crippen LogP contribution in [0.3, 0.4) is 0 Å². The van der Waals surface area contributed by atoms with Crippen molar-refractivity contribution >= 4 is 0 Å². The topological polar surface area (TPSA) is 79.5 Å². The molecule has 1 aliphatic rings. The van der Waals surface area contributed by atoms with Gasteiger partial charge in [0.05, 0.1) is 6.20 Å². The van der Waals surface area contributed by atoms with Gasteiger partial charge in [-0.05, 0) is 12.1 Å². The summed E-state index contributed by atoms with van der Waals surface area (Å²) in [5.41, 5.74) is 6.43. The average molecular weight is 287 g/mol. The fourth-order valence-electron chi connectivity index (χ4n) is 2.00. The number of hydrogen-bond acceptors (Lipinski definition) is 6. The van der Waals surface area contributed by atoms with Crippen molar-refractivity contribution in [1.82, 2.24) is 9.97 Å². The van der Waals surface area contributed by atoms with Gasteiger partial charge in [0, 0.05) is 18.5 Å². The highest BCUT2D eigenvalue weighted by Gasteiger charge is 2.15. The highest BCUT2D eigenvalue weighted by Crippen LogP contribution is 2.36. The maximum atomic E-state index is 5.82. The van der Waals surface area contributed by atoms with Gasteiger partial charge in [0.15, 0.2) is 17.2 Å².